The van der Waals surface area contributed by atoms with E-state index in [-0.39, 0.29) is 5.84 Å². The molecule has 3 aromatic rings. The van der Waals surface area contributed by atoms with E-state index in [1.807, 2.05) is 24.3 Å². The van der Waals surface area contributed by atoms with Gasteiger partial charge in [0.1, 0.15) is 17.6 Å². The summed E-state index contributed by atoms with van der Waals surface area (Å²) in [6.07, 6.45) is 0. The molecule has 2 amide bonds. The van der Waals surface area contributed by atoms with Crippen molar-refractivity contribution in [1.29, 1.82) is 0 Å². The van der Waals surface area contributed by atoms with Crippen LogP contribution in [0.25, 0.3) is 0 Å². The minimum atomic E-state index is -0.965. The zero-order valence-corrected chi connectivity index (χ0v) is 15.9. The number of amidine groups is 1. The van der Waals surface area contributed by atoms with Gasteiger partial charge < -0.3 is 15.8 Å². The zero-order chi connectivity index (χ0) is 20.6. The van der Waals surface area contributed by atoms with Crippen molar-refractivity contribution in [2.24, 2.45) is 10.7 Å². The fourth-order valence-corrected chi connectivity index (χ4v) is 2.75. The van der Waals surface area contributed by atoms with Gasteiger partial charge in [-0.1, -0.05) is 60.7 Å². The van der Waals surface area contributed by atoms with Crippen molar-refractivity contribution >= 4 is 17.6 Å². The molecule has 3 N–H and O–H groups in total. The SMILES string of the molecule is COc1ccc(C(=O)NC(C(=O)N=C(N)c2ccccc2)c2ccccc2)cc1. The molecular weight excluding hydrogens is 366 g/mol. The van der Waals surface area contributed by atoms with Crippen molar-refractivity contribution in [1.82, 2.24) is 5.32 Å². The first-order valence-corrected chi connectivity index (χ1v) is 9.02. The number of aliphatic imine (C=N–C) groups is 1. The number of ether oxygens (including phenoxy) is 1. The summed E-state index contributed by atoms with van der Waals surface area (Å²) in [7, 11) is 1.55. The molecule has 0 spiro atoms. The number of hydrogen-bond acceptors (Lipinski definition) is 3. The Morgan fingerprint density at radius 3 is 2.03 bits per heavy atom. The molecule has 0 aliphatic rings. The highest BCUT2D eigenvalue weighted by molar-refractivity contribution is 6.06. The molecule has 0 bridgehead atoms. The molecule has 6 nitrogen and oxygen atoms in total. The second-order valence-corrected chi connectivity index (χ2v) is 6.25. The van der Waals surface area contributed by atoms with Gasteiger partial charge in [-0.25, -0.2) is 0 Å². The first kappa shape index (κ1) is 19.8. The Morgan fingerprint density at radius 1 is 0.862 bits per heavy atom. The molecule has 0 aromatic heterocycles. The Balaban J connectivity index is 1.86. The molecule has 0 fully saturated rings. The summed E-state index contributed by atoms with van der Waals surface area (Å²) in [5, 5.41) is 2.75. The first-order valence-electron chi connectivity index (χ1n) is 9.02. The van der Waals surface area contributed by atoms with Crippen LogP contribution in [0.2, 0.25) is 0 Å². The maximum Gasteiger partial charge on any atom is 0.274 e. The lowest BCUT2D eigenvalue weighted by atomic mass is 10.1. The summed E-state index contributed by atoms with van der Waals surface area (Å²) in [6, 6.07) is 23.6. The van der Waals surface area contributed by atoms with Crippen LogP contribution in [-0.2, 0) is 4.79 Å². The minimum Gasteiger partial charge on any atom is -0.497 e. The van der Waals surface area contributed by atoms with E-state index in [9.17, 15) is 9.59 Å². The van der Waals surface area contributed by atoms with E-state index in [1.165, 1.54) is 0 Å². The molecule has 146 valence electrons. The number of hydrogen-bond donors (Lipinski definition) is 2. The summed E-state index contributed by atoms with van der Waals surface area (Å²) < 4.78 is 5.11. The molecular formula is C23H21N3O3. The lowest BCUT2D eigenvalue weighted by molar-refractivity contribution is -0.119. The van der Waals surface area contributed by atoms with Gasteiger partial charge in [0, 0.05) is 11.1 Å². The molecule has 29 heavy (non-hydrogen) atoms. The highest BCUT2D eigenvalue weighted by Crippen LogP contribution is 2.17. The van der Waals surface area contributed by atoms with Gasteiger partial charge in [0.05, 0.1) is 7.11 Å². The van der Waals surface area contributed by atoms with E-state index in [0.29, 0.717) is 22.4 Å². The zero-order valence-electron chi connectivity index (χ0n) is 15.9. The van der Waals surface area contributed by atoms with Crippen molar-refractivity contribution < 1.29 is 14.3 Å². The van der Waals surface area contributed by atoms with E-state index in [4.69, 9.17) is 10.5 Å². The average molecular weight is 387 g/mol. The smallest absolute Gasteiger partial charge is 0.274 e. The standard InChI is InChI=1S/C23H21N3O3/c1-29-19-14-12-18(13-15-19)22(27)25-20(16-8-4-2-5-9-16)23(28)26-21(24)17-10-6-3-7-11-17/h2-15,20H,1H3,(H,25,27)(H2,24,26,28). The Morgan fingerprint density at radius 2 is 1.45 bits per heavy atom. The monoisotopic (exact) mass is 387 g/mol. The number of nitrogens with two attached hydrogens (primary N) is 1. The summed E-state index contributed by atoms with van der Waals surface area (Å²) >= 11 is 0. The third-order valence-corrected chi connectivity index (χ3v) is 4.31. The van der Waals surface area contributed by atoms with E-state index in [2.05, 4.69) is 10.3 Å². The molecule has 0 heterocycles. The van der Waals surface area contributed by atoms with Crippen LogP contribution in [0.4, 0.5) is 0 Å². The van der Waals surface area contributed by atoms with Gasteiger partial charge >= 0.3 is 0 Å². The lowest BCUT2D eigenvalue weighted by Crippen LogP contribution is -2.34. The van der Waals surface area contributed by atoms with E-state index < -0.39 is 17.9 Å². The quantitative estimate of drug-likeness (QED) is 0.502. The minimum absolute atomic E-state index is 0.0928. The molecule has 1 atom stereocenters. The van der Waals surface area contributed by atoms with Crippen LogP contribution in [-0.4, -0.2) is 24.8 Å². The van der Waals surface area contributed by atoms with Crippen molar-refractivity contribution in [3.8, 4) is 5.75 Å². The van der Waals surface area contributed by atoms with Gasteiger partial charge in [0.25, 0.3) is 11.8 Å². The fraction of sp³-hybridized carbons (Fsp3) is 0.0870. The summed E-state index contributed by atoms with van der Waals surface area (Å²) in [5.74, 6) is -0.226. The predicted octanol–water partition coefficient (Wildman–Crippen LogP) is 3.10. The number of carbonyl (C=O) groups excluding carboxylic acids is 2. The number of nitrogens with one attached hydrogen (secondary N) is 1. The average Bonchev–Trinajstić information content (AvgIpc) is 2.78. The number of amides is 2. The van der Waals surface area contributed by atoms with Crippen LogP contribution >= 0.6 is 0 Å². The molecule has 3 rings (SSSR count). The topological polar surface area (TPSA) is 93.8 Å². The van der Waals surface area contributed by atoms with Gasteiger partial charge in [-0.3, -0.25) is 9.59 Å². The van der Waals surface area contributed by atoms with Crippen molar-refractivity contribution in [2.45, 2.75) is 6.04 Å². The number of carbonyl (C=O) groups is 2. The van der Waals surface area contributed by atoms with Gasteiger partial charge in [-0.05, 0) is 29.8 Å². The van der Waals surface area contributed by atoms with Gasteiger partial charge in [0.2, 0.25) is 0 Å². The van der Waals surface area contributed by atoms with Crippen molar-refractivity contribution in [3.05, 3.63) is 102 Å². The number of rotatable bonds is 6. The lowest BCUT2D eigenvalue weighted by Gasteiger charge is -2.16. The highest BCUT2D eigenvalue weighted by atomic mass is 16.5. The molecule has 6 heteroatoms. The third kappa shape index (κ3) is 5.07. The largest absolute Gasteiger partial charge is 0.497 e. The van der Waals surface area contributed by atoms with Crippen molar-refractivity contribution in [3.63, 3.8) is 0 Å². The Hall–Kier alpha value is -3.93. The van der Waals surface area contributed by atoms with Crippen molar-refractivity contribution in [2.75, 3.05) is 7.11 Å². The van der Waals surface area contributed by atoms with Crippen LogP contribution < -0.4 is 15.8 Å². The third-order valence-electron chi connectivity index (χ3n) is 4.31. The molecule has 1 unspecified atom stereocenters. The summed E-state index contributed by atoms with van der Waals surface area (Å²) in [4.78, 5) is 29.6. The Kier molecular flexibility index (Phi) is 6.37. The van der Waals surface area contributed by atoms with Gasteiger partial charge in [0.15, 0.2) is 0 Å². The number of benzene rings is 3. The van der Waals surface area contributed by atoms with Crippen LogP contribution in [0, 0.1) is 0 Å². The normalized spacial score (nSPS) is 12.1. The molecule has 3 aromatic carbocycles. The van der Waals surface area contributed by atoms with Crippen LogP contribution in [0.3, 0.4) is 0 Å². The predicted molar refractivity (Wildman–Crippen MR) is 112 cm³/mol. The summed E-state index contributed by atoms with van der Waals surface area (Å²) in [5.41, 5.74) is 7.64. The molecule has 0 radical (unpaired) electrons. The Labute approximate surface area is 169 Å². The van der Waals surface area contributed by atoms with E-state index in [0.717, 1.165) is 0 Å². The van der Waals surface area contributed by atoms with Crippen LogP contribution in [0.15, 0.2) is 89.9 Å². The first-order chi connectivity index (χ1) is 14.1. The maximum absolute atomic E-state index is 12.9. The van der Waals surface area contributed by atoms with Crippen LogP contribution in [0.5, 0.6) is 5.75 Å². The van der Waals surface area contributed by atoms with Crippen LogP contribution in [0.1, 0.15) is 27.5 Å². The van der Waals surface area contributed by atoms with E-state index >= 15 is 0 Å². The van der Waals surface area contributed by atoms with Gasteiger partial charge in [-0.2, -0.15) is 4.99 Å². The second-order valence-electron chi connectivity index (χ2n) is 6.25. The summed E-state index contributed by atoms with van der Waals surface area (Å²) in [6.45, 7) is 0. The number of nitrogens with zero attached hydrogens (tertiary/aromatic N) is 1. The second kappa shape index (κ2) is 9.32. The molecule has 0 aliphatic carbocycles. The number of methoxy groups -OCH3 is 1. The fourth-order valence-electron chi connectivity index (χ4n) is 2.75. The Bertz CT molecular complexity index is 1000. The molecule has 0 saturated heterocycles. The van der Waals surface area contributed by atoms with Gasteiger partial charge in [-0.15, -0.1) is 0 Å². The maximum atomic E-state index is 12.9. The highest BCUT2D eigenvalue weighted by Gasteiger charge is 2.23. The van der Waals surface area contributed by atoms with E-state index in [1.54, 1.807) is 67.8 Å². The molecule has 0 saturated carbocycles. The molecule has 0 aliphatic heterocycles.